The number of aromatic nitrogens is 5. The first kappa shape index (κ1) is 9.26. The number of imidazole rings is 1. The van der Waals surface area contributed by atoms with Gasteiger partial charge in [-0.3, -0.25) is 0 Å². The number of rotatable bonds is 2. The van der Waals surface area contributed by atoms with Crippen LogP contribution in [0.2, 0.25) is 0 Å². The largest absolute Gasteiger partial charge is 0.340 e. The van der Waals surface area contributed by atoms with E-state index in [1.54, 1.807) is 6.33 Å². The van der Waals surface area contributed by atoms with Gasteiger partial charge in [-0.15, -0.1) is 22.8 Å². The summed E-state index contributed by atoms with van der Waals surface area (Å²) in [7, 11) is 1.92. The number of hydrogen-bond acceptors (Lipinski definition) is 4. The van der Waals surface area contributed by atoms with Gasteiger partial charge in [0.25, 0.3) is 0 Å². The summed E-state index contributed by atoms with van der Waals surface area (Å²) in [6.45, 7) is 2.81. The minimum absolute atomic E-state index is 0.619. The van der Waals surface area contributed by atoms with E-state index in [1.807, 2.05) is 29.3 Å². The van der Waals surface area contributed by atoms with Crippen molar-refractivity contribution < 1.29 is 0 Å². The summed E-state index contributed by atoms with van der Waals surface area (Å²) < 4.78 is 3.79. The molecule has 0 aromatic carbocycles. The molecule has 0 N–H and O–H groups in total. The average molecular weight is 209 g/mol. The van der Waals surface area contributed by atoms with E-state index >= 15 is 0 Å². The second kappa shape index (κ2) is 3.45. The van der Waals surface area contributed by atoms with Crippen LogP contribution < -0.4 is 0 Å². The summed E-state index contributed by atoms with van der Waals surface area (Å²) in [6, 6.07) is 0. The Morgan fingerprint density at radius 3 is 2.79 bits per heavy atom. The lowest BCUT2D eigenvalue weighted by molar-refractivity contribution is 0.688. The molecular weight excluding hydrogens is 198 g/mol. The first-order chi connectivity index (χ1) is 6.72. The third-order valence-corrected chi connectivity index (χ3v) is 2.31. The summed E-state index contributed by atoms with van der Waals surface area (Å²) in [5.74, 6) is 0.762. The maximum atomic E-state index is 4.21. The van der Waals surface area contributed by atoms with E-state index in [9.17, 15) is 0 Å². The van der Waals surface area contributed by atoms with Crippen molar-refractivity contribution in [2.24, 2.45) is 7.05 Å². The van der Waals surface area contributed by atoms with E-state index in [2.05, 4.69) is 27.8 Å². The smallest absolute Gasteiger partial charge is 0.188 e. The highest BCUT2D eigenvalue weighted by Crippen LogP contribution is 2.17. The molecule has 2 rings (SSSR count). The third-order valence-electron chi connectivity index (χ3n) is 1.98. The zero-order valence-electron chi connectivity index (χ0n) is 8.05. The zero-order valence-corrected chi connectivity index (χ0v) is 8.94. The van der Waals surface area contributed by atoms with Gasteiger partial charge in [-0.05, 0) is 6.92 Å². The van der Waals surface area contributed by atoms with Gasteiger partial charge in [-0.2, -0.15) is 0 Å². The van der Waals surface area contributed by atoms with Crippen molar-refractivity contribution in [2.75, 3.05) is 0 Å². The summed E-state index contributed by atoms with van der Waals surface area (Å²) >= 11 is 4.21. The molecule has 0 unspecified atom stereocenters. The Hall–Kier alpha value is -1.30. The Labute approximate surface area is 87.2 Å². The molecule has 0 bridgehead atoms. The van der Waals surface area contributed by atoms with Gasteiger partial charge < -0.3 is 9.13 Å². The minimum atomic E-state index is 0.619. The predicted molar refractivity (Wildman–Crippen MR) is 55.2 cm³/mol. The Balaban J connectivity index is 2.51. The second-order valence-corrected chi connectivity index (χ2v) is 3.39. The van der Waals surface area contributed by atoms with E-state index in [1.165, 1.54) is 0 Å². The molecule has 0 aliphatic heterocycles. The standard InChI is InChI=1S/C8H11N5S/c1-3-13-7(10-11-8(13)14)6-4-12(2)5-9-6/h4-5H,3H2,1-2H3,(H,11,14). The molecule has 0 amide bonds. The normalized spacial score (nSPS) is 10.8. The number of thiol groups is 1. The van der Waals surface area contributed by atoms with Crippen molar-refractivity contribution in [3.05, 3.63) is 12.5 Å². The monoisotopic (exact) mass is 209 g/mol. The van der Waals surface area contributed by atoms with Crippen LogP contribution in [0.1, 0.15) is 6.92 Å². The molecule has 2 aromatic rings. The molecule has 0 saturated carbocycles. The van der Waals surface area contributed by atoms with Crippen LogP contribution in [-0.2, 0) is 13.6 Å². The molecule has 0 spiro atoms. The topological polar surface area (TPSA) is 48.5 Å². The quantitative estimate of drug-likeness (QED) is 0.750. The Morgan fingerprint density at radius 1 is 1.43 bits per heavy atom. The van der Waals surface area contributed by atoms with Crippen molar-refractivity contribution in [1.29, 1.82) is 0 Å². The van der Waals surface area contributed by atoms with Crippen LogP contribution >= 0.6 is 12.6 Å². The Bertz CT molecular complexity index is 444. The predicted octanol–water partition coefficient (Wildman–Crippen LogP) is 0.987. The molecule has 0 aliphatic carbocycles. The van der Waals surface area contributed by atoms with Gasteiger partial charge in [0, 0.05) is 19.8 Å². The van der Waals surface area contributed by atoms with Crippen LogP contribution in [0.15, 0.2) is 17.7 Å². The van der Waals surface area contributed by atoms with E-state index in [0.29, 0.717) is 5.16 Å². The minimum Gasteiger partial charge on any atom is -0.340 e. The van der Waals surface area contributed by atoms with Crippen molar-refractivity contribution in [2.45, 2.75) is 18.6 Å². The molecule has 6 heteroatoms. The summed E-state index contributed by atoms with van der Waals surface area (Å²) in [5, 5.41) is 8.55. The number of nitrogens with zero attached hydrogens (tertiary/aromatic N) is 5. The molecule has 0 saturated heterocycles. The van der Waals surface area contributed by atoms with Gasteiger partial charge in [0.1, 0.15) is 5.69 Å². The molecule has 2 heterocycles. The lowest BCUT2D eigenvalue weighted by atomic mass is 10.4. The molecule has 0 fully saturated rings. The molecule has 0 atom stereocenters. The molecule has 0 aliphatic rings. The third kappa shape index (κ3) is 1.41. The Morgan fingerprint density at radius 2 is 2.21 bits per heavy atom. The van der Waals surface area contributed by atoms with Crippen molar-refractivity contribution in [3.8, 4) is 11.5 Å². The maximum absolute atomic E-state index is 4.21. The van der Waals surface area contributed by atoms with Gasteiger partial charge in [0.05, 0.1) is 6.33 Å². The summed E-state index contributed by atoms with van der Waals surface area (Å²) in [5.41, 5.74) is 0.821. The van der Waals surface area contributed by atoms with Crippen LogP contribution in [0.4, 0.5) is 0 Å². The van der Waals surface area contributed by atoms with Crippen LogP contribution in [0.3, 0.4) is 0 Å². The summed E-state index contributed by atoms with van der Waals surface area (Å²) in [4.78, 5) is 4.21. The highest BCUT2D eigenvalue weighted by atomic mass is 32.1. The Kier molecular flexibility index (Phi) is 2.28. The van der Waals surface area contributed by atoms with Gasteiger partial charge >= 0.3 is 0 Å². The van der Waals surface area contributed by atoms with Crippen LogP contribution in [0, 0.1) is 0 Å². The van der Waals surface area contributed by atoms with Gasteiger partial charge in [0.15, 0.2) is 11.0 Å². The SMILES string of the molecule is CCn1c(S)nnc1-c1cn(C)cn1. The molecule has 0 radical (unpaired) electrons. The fourth-order valence-electron chi connectivity index (χ4n) is 1.30. The molecular formula is C8H11N5S. The molecule has 74 valence electrons. The van der Waals surface area contributed by atoms with Crippen LogP contribution in [-0.4, -0.2) is 24.3 Å². The highest BCUT2D eigenvalue weighted by Gasteiger charge is 2.11. The zero-order chi connectivity index (χ0) is 10.1. The van der Waals surface area contributed by atoms with E-state index in [4.69, 9.17) is 0 Å². The first-order valence-electron chi connectivity index (χ1n) is 4.33. The highest BCUT2D eigenvalue weighted by molar-refractivity contribution is 7.80. The molecule has 5 nitrogen and oxygen atoms in total. The fraction of sp³-hybridized carbons (Fsp3) is 0.375. The lowest BCUT2D eigenvalue weighted by Gasteiger charge is -2.00. The number of aryl methyl sites for hydroxylation is 1. The molecule has 14 heavy (non-hydrogen) atoms. The van der Waals surface area contributed by atoms with Crippen LogP contribution in [0.5, 0.6) is 0 Å². The van der Waals surface area contributed by atoms with Crippen molar-refractivity contribution in [1.82, 2.24) is 24.3 Å². The lowest BCUT2D eigenvalue weighted by Crippen LogP contribution is -1.98. The van der Waals surface area contributed by atoms with E-state index < -0.39 is 0 Å². The second-order valence-electron chi connectivity index (χ2n) is 2.99. The van der Waals surface area contributed by atoms with Crippen LogP contribution in [0.25, 0.3) is 11.5 Å². The average Bonchev–Trinajstić information content (AvgIpc) is 2.71. The number of hydrogen-bond donors (Lipinski definition) is 1. The van der Waals surface area contributed by atoms with E-state index in [-0.39, 0.29) is 0 Å². The molecule has 2 aromatic heterocycles. The van der Waals surface area contributed by atoms with Crippen molar-refractivity contribution >= 4 is 12.6 Å². The summed E-state index contributed by atoms with van der Waals surface area (Å²) in [6.07, 6.45) is 3.64. The first-order valence-corrected chi connectivity index (χ1v) is 4.77. The maximum Gasteiger partial charge on any atom is 0.188 e. The van der Waals surface area contributed by atoms with Gasteiger partial charge in [0.2, 0.25) is 0 Å². The fourth-order valence-corrected chi connectivity index (χ4v) is 1.58. The van der Waals surface area contributed by atoms with Gasteiger partial charge in [-0.1, -0.05) is 0 Å². The van der Waals surface area contributed by atoms with Gasteiger partial charge in [-0.25, -0.2) is 4.98 Å². The van der Waals surface area contributed by atoms with E-state index in [0.717, 1.165) is 18.1 Å². The van der Waals surface area contributed by atoms with Crippen molar-refractivity contribution in [3.63, 3.8) is 0 Å².